The molecule has 2 heterocycles. The van der Waals surface area contributed by atoms with Crippen molar-refractivity contribution in [3.05, 3.63) is 0 Å². The standard InChI is InChI=1S/C17H29N3O5/c1-11(15(21)20-10-2-3-14(20)17(24)25)19-13(16(22)23)5-4-12-6-8-18-9-7-12/h11-14,18-19H,2-10H2,1H3,(H,22,23)(H,24,25)/t11-,13?,14-/m0/s1. The van der Waals surface area contributed by atoms with Gasteiger partial charge in [-0.1, -0.05) is 0 Å². The van der Waals surface area contributed by atoms with Gasteiger partial charge in [0.15, 0.2) is 0 Å². The van der Waals surface area contributed by atoms with E-state index in [2.05, 4.69) is 10.6 Å². The highest BCUT2D eigenvalue weighted by molar-refractivity contribution is 5.88. The highest BCUT2D eigenvalue weighted by atomic mass is 16.4. The largest absolute Gasteiger partial charge is 0.480 e. The lowest BCUT2D eigenvalue weighted by Gasteiger charge is -2.28. The Morgan fingerprint density at radius 3 is 2.48 bits per heavy atom. The molecule has 8 nitrogen and oxygen atoms in total. The average molecular weight is 355 g/mol. The molecule has 1 unspecified atom stereocenters. The van der Waals surface area contributed by atoms with Crippen LogP contribution in [0.15, 0.2) is 0 Å². The molecule has 2 aliphatic rings. The van der Waals surface area contributed by atoms with E-state index in [-0.39, 0.29) is 5.91 Å². The number of aliphatic carboxylic acids is 2. The molecule has 3 atom stereocenters. The minimum Gasteiger partial charge on any atom is -0.480 e. The Bertz CT molecular complexity index is 493. The summed E-state index contributed by atoms with van der Waals surface area (Å²) in [6, 6.07) is -2.30. The molecule has 0 bridgehead atoms. The summed E-state index contributed by atoms with van der Waals surface area (Å²) in [4.78, 5) is 36.6. The van der Waals surface area contributed by atoms with Crippen LogP contribution in [0.25, 0.3) is 0 Å². The molecule has 2 fully saturated rings. The molecule has 2 rings (SSSR count). The summed E-state index contributed by atoms with van der Waals surface area (Å²) < 4.78 is 0. The van der Waals surface area contributed by atoms with E-state index in [9.17, 15) is 24.6 Å². The lowest BCUT2D eigenvalue weighted by atomic mass is 9.91. The van der Waals surface area contributed by atoms with Crippen molar-refractivity contribution in [3.63, 3.8) is 0 Å². The van der Waals surface area contributed by atoms with Crippen LogP contribution in [0.4, 0.5) is 0 Å². The van der Waals surface area contributed by atoms with Crippen molar-refractivity contribution in [2.24, 2.45) is 5.92 Å². The van der Waals surface area contributed by atoms with Crippen molar-refractivity contribution in [1.82, 2.24) is 15.5 Å². The van der Waals surface area contributed by atoms with Crippen molar-refractivity contribution >= 4 is 17.8 Å². The van der Waals surface area contributed by atoms with Crippen LogP contribution in [0, 0.1) is 5.92 Å². The summed E-state index contributed by atoms with van der Waals surface area (Å²) >= 11 is 0. The average Bonchev–Trinajstić information content (AvgIpc) is 3.08. The Morgan fingerprint density at radius 2 is 1.88 bits per heavy atom. The number of nitrogens with one attached hydrogen (secondary N) is 2. The summed E-state index contributed by atoms with van der Waals surface area (Å²) in [7, 11) is 0. The molecule has 0 aliphatic carbocycles. The van der Waals surface area contributed by atoms with Crippen molar-refractivity contribution in [2.75, 3.05) is 19.6 Å². The Morgan fingerprint density at radius 1 is 1.20 bits per heavy atom. The van der Waals surface area contributed by atoms with Crippen LogP contribution in [-0.4, -0.2) is 70.7 Å². The Hall–Kier alpha value is -1.67. The summed E-state index contributed by atoms with van der Waals surface area (Å²) in [5.74, 6) is -1.78. The SMILES string of the molecule is C[C@H](NC(CCC1CCNCC1)C(=O)O)C(=O)N1CCC[C@H]1C(=O)O. The van der Waals surface area contributed by atoms with E-state index in [1.807, 2.05) is 0 Å². The van der Waals surface area contributed by atoms with Gasteiger partial charge in [0, 0.05) is 6.54 Å². The first kappa shape index (κ1) is 19.7. The molecule has 0 spiro atoms. The third-order valence-electron chi connectivity index (χ3n) is 5.26. The van der Waals surface area contributed by atoms with Crippen LogP contribution in [0.3, 0.4) is 0 Å². The molecule has 0 radical (unpaired) electrons. The van der Waals surface area contributed by atoms with Gasteiger partial charge in [-0.25, -0.2) is 4.79 Å². The Labute approximate surface area is 147 Å². The first-order chi connectivity index (χ1) is 11.9. The maximum atomic E-state index is 12.5. The lowest BCUT2D eigenvalue weighted by Crippen LogP contribution is -2.53. The van der Waals surface area contributed by atoms with E-state index in [0.717, 1.165) is 32.4 Å². The molecular weight excluding hydrogens is 326 g/mol. The fourth-order valence-electron chi connectivity index (χ4n) is 3.76. The maximum absolute atomic E-state index is 12.5. The highest BCUT2D eigenvalue weighted by Crippen LogP contribution is 2.20. The van der Waals surface area contributed by atoms with Crippen LogP contribution in [-0.2, 0) is 14.4 Å². The van der Waals surface area contributed by atoms with E-state index < -0.39 is 30.1 Å². The molecule has 1 amide bonds. The van der Waals surface area contributed by atoms with Gasteiger partial charge in [-0.15, -0.1) is 0 Å². The molecule has 8 heteroatoms. The number of amides is 1. The normalized spacial score (nSPS) is 24.0. The number of carbonyl (C=O) groups excluding carboxylic acids is 1. The van der Waals surface area contributed by atoms with Gasteiger partial charge in [0.2, 0.25) is 5.91 Å². The van der Waals surface area contributed by atoms with Crippen molar-refractivity contribution in [2.45, 2.75) is 63.6 Å². The number of likely N-dealkylation sites (tertiary alicyclic amines) is 1. The second-order valence-corrected chi connectivity index (χ2v) is 7.08. The van der Waals surface area contributed by atoms with Gasteiger partial charge in [0.25, 0.3) is 0 Å². The first-order valence-electron chi connectivity index (χ1n) is 9.13. The Kier molecular flexibility index (Phi) is 7.19. The number of hydrogen-bond donors (Lipinski definition) is 4. The van der Waals surface area contributed by atoms with Crippen molar-refractivity contribution < 1.29 is 24.6 Å². The monoisotopic (exact) mass is 355 g/mol. The molecule has 0 aromatic heterocycles. The fourth-order valence-corrected chi connectivity index (χ4v) is 3.76. The van der Waals surface area contributed by atoms with Crippen LogP contribution in [0.1, 0.15) is 45.4 Å². The third-order valence-corrected chi connectivity index (χ3v) is 5.26. The van der Waals surface area contributed by atoms with Gasteiger partial charge < -0.3 is 20.4 Å². The molecule has 25 heavy (non-hydrogen) atoms. The summed E-state index contributed by atoms with van der Waals surface area (Å²) in [5.41, 5.74) is 0. The second kappa shape index (κ2) is 9.15. The molecule has 2 saturated heterocycles. The number of piperidine rings is 1. The van der Waals surface area contributed by atoms with E-state index >= 15 is 0 Å². The first-order valence-corrected chi connectivity index (χ1v) is 9.13. The minimum atomic E-state index is -1.00. The van der Waals surface area contributed by atoms with Gasteiger partial charge in [0.1, 0.15) is 12.1 Å². The van der Waals surface area contributed by atoms with Gasteiger partial charge in [-0.3, -0.25) is 14.9 Å². The summed E-state index contributed by atoms with van der Waals surface area (Å²) in [6.45, 7) is 3.96. The lowest BCUT2D eigenvalue weighted by molar-refractivity contribution is -0.149. The molecule has 0 aromatic carbocycles. The van der Waals surface area contributed by atoms with E-state index in [1.165, 1.54) is 4.90 Å². The van der Waals surface area contributed by atoms with Crippen LogP contribution in [0.2, 0.25) is 0 Å². The van der Waals surface area contributed by atoms with Crippen molar-refractivity contribution in [1.29, 1.82) is 0 Å². The van der Waals surface area contributed by atoms with E-state index in [4.69, 9.17) is 0 Å². The molecule has 0 saturated carbocycles. The highest BCUT2D eigenvalue weighted by Gasteiger charge is 2.36. The smallest absolute Gasteiger partial charge is 0.326 e. The van der Waals surface area contributed by atoms with Crippen molar-refractivity contribution in [3.8, 4) is 0 Å². The molecule has 142 valence electrons. The molecule has 4 N–H and O–H groups in total. The van der Waals surface area contributed by atoms with Gasteiger partial charge >= 0.3 is 11.9 Å². The number of carboxylic acids is 2. The maximum Gasteiger partial charge on any atom is 0.326 e. The van der Waals surface area contributed by atoms with Gasteiger partial charge in [-0.2, -0.15) is 0 Å². The third kappa shape index (κ3) is 5.40. The summed E-state index contributed by atoms with van der Waals surface area (Å²) in [5, 5.41) is 24.8. The minimum absolute atomic E-state index is 0.335. The number of nitrogens with zero attached hydrogens (tertiary/aromatic N) is 1. The van der Waals surface area contributed by atoms with Crippen LogP contribution in [0.5, 0.6) is 0 Å². The van der Waals surface area contributed by atoms with E-state index in [0.29, 0.717) is 31.7 Å². The Balaban J connectivity index is 1.88. The summed E-state index contributed by atoms with van der Waals surface area (Å²) in [6.07, 6.45) is 4.50. The van der Waals surface area contributed by atoms with Gasteiger partial charge in [-0.05, 0) is 64.5 Å². The number of carbonyl (C=O) groups is 3. The van der Waals surface area contributed by atoms with E-state index in [1.54, 1.807) is 6.92 Å². The number of rotatable bonds is 8. The zero-order chi connectivity index (χ0) is 18.4. The second-order valence-electron chi connectivity index (χ2n) is 7.08. The van der Waals surface area contributed by atoms with Crippen LogP contribution < -0.4 is 10.6 Å². The number of hydrogen-bond acceptors (Lipinski definition) is 5. The topological polar surface area (TPSA) is 119 Å². The predicted octanol–water partition coefficient (Wildman–Crippen LogP) is 0.273. The fraction of sp³-hybridized carbons (Fsp3) is 0.824. The van der Waals surface area contributed by atoms with Gasteiger partial charge in [0.05, 0.1) is 6.04 Å². The molecule has 2 aliphatic heterocycles. The molecular formula is C17H29N3O5. The zero-order valence-electron chi connectivity index (χ0n) is 14.7. The molecule has 0 aromatic rings. The van der Waals surface area contributed by atoms with Crippen LogP contribution >= 0.6 is 0 Å². The number of carboxylic acid groups (broad SMARTS) is 2. The quantitative estimate of drug-likeness (QED) is 0.493. The zero-order valence-corrected chi connectivity index (χ0v) is 14.7. The predicted molar refractivity (Wildman–Crippen MR) is 91.2 cm³/mol.